The molecule has 3 aromatic rings. The van der Waals surface area contributed by atoms with Gasteiger partial charge in [0.1, 0.15) is 17.1 Å². The number of hydrogen-bond donors (Lipinski definition) is 1. The minimum Gasteiger partial charge on any atom is -0.448 e. The van der Waals surface area contributed by atoms with E-state index in [4.69, 9.17) is 4.74 Å². The Hall–Kier alpha value is -3.15. The number of benzene rings is 2. The molecule has 1 fully saturated rings. The van der Waals surface area contributed by atoms with Crippen LogP contribution in [0.25, 0.3) is 0 Å². The molecular formula is C24H20N4O4S3. The number of ether oxygens (including phenoxy) is 1. The summed E-state index contributed by atoms with van der Waals surface area (Å²) >= 11 is 4.21. The molecule has 0 radical (unpaired) electrons. The maximum atomic E-state index is 13.7. The third-order valence-electron chi connectivity index (χ3n) is 5.60. The van der Waals surface area contributed by atoms with Gasteiger partial charge in [0.25, 0.3) is 5.91 Å². The number of β-lactam (4-membered cyclic amide) rings is 1. The number of amides is 2. The van der Waals surface area contributed by atoms with Crippen molar-refractivity contribution in [1.29, 1.82) is 0 Å². The zero-order chi connectivity index (χ0) is 24.2. The smallest absolute Gasteiger partial charge is 0.356 e. The van der Waals surface area contributed by atoms with Gasteiger partial charge in [0.15, 0.2) is 6.10 Å². The summed E-state index contributed by atoms with van der Waals surface area (Å²) in [7, 11) is 0. The Morgan fingerprint density at radius 1 is 1.17 bits per heavy atom. The molecule has 2 aliphatic heterocycles. The number of nitrogens with zero attached hydrogens (tertiary/aromatic N) is 3. The summed E-state index contributed by atoms with van der Waals surface area (Å²) in [4.78, 5) is 39.8. The van der Waals surface area contributed by atoms with Crippen LogP contribution in [0.2, 0.25) is 0 Å². The molecule has 2 atom stereocenters. The van der Waals surface area contributed by atoms with Crippen LogP contribution in [-0.4, -0.2) is 49.9 Å². The third kappa shape index (κ3) is 4.84. The highest BCUT2D eigenvalue weighted by Gasteiger charge is 2.54. The van der Waals surface area contributed by atoms with Crippen molar-refractivity contribution in [3.63, 3.8) is 0 Å². The van der Waals surface area contributed by atoms with Crippen molar-refractivity contribution in [2.45, 2.75) is 23.3 Å². The summed E-state index contributed by atoms with van der Waals surface area (Å²) in [5.41, 5.74) is 2.68. The van der Waals surface area contributed by atoms with Crippen LogP contribution in [0.1, 0.15) is 22.9 Å². The second-order valence-electron chi connectivity index (χ2n) is 7.74. The number of carbonyl (C=O) groups excluding carboxylic acids is 3. The van der Waals surface area contributed by atoms with Crippen LogP contribution < -0.4 is 5.32 Å². The zero-order valence-electron chi connectivity index (χ0n) is 18.3. The van der Waals surface area contributed by atoms with E-state index >= 15 is 0 Å². The Bertz CT molecular complexity index is 1200. The van der Waals surface area contributed by atoms with Gasteiger partial charge in [0.2, 0.25) is 6.41 Å². The van der Waals surface area contributed by atoms with Gasteiger partial charge in [-0.2, -0.15) is 0 Å². The van der Waals surface area contributed by atoms with Gasteiger partial charge in [-0.05, 0) is 22.7 Å². The van der Waals surface area contributed by atoms with Crippen molar-refractivity contribution in [2.24, 2.45) is 0 Å². The van der Waals surface area contributed by atoms with Gasteiger partial charge in [0, 0.05) is 21.8 Å². The Morgan fingerprint density at radius 2 is 1.86 bits per heavy atom. The lowest BCUT2D eigenvalue weighted by Crippen LogP contribution is -2.69. The van der Waals surface area contributed by atoms with Gasteiger partial charge in [-0.15, -0.1) is 28.6 Å². The molecule has 0 bridgehead atoms. The fourth-order valence-corrected chi connectivity index (χ4v) is 7.02. The van der Waals surface area contributed by atoms with E-state index in [1.165, 1.54) is 40.0 Å². The lowest BCUT2D eigenvalue weighted by atomic mass is 10.0. The minimum atomic E-state index is -0.659. The number of thioether (sulfide) groups is 2. The summed E-state index contributed by atoms with van der Waals surface area (Å²) in [6, 6.07) is 18.3. The standard InChI is InChI=1S/C24H20N4O4S3/c29-14-25-19-22(30)28-20(18(13-34-23(19)28)33-11-17-12-35-27-26-17)24(31)32-21(15-7-3-1-4-8-15)16-9-5-2-6-10-16/h1-10,12,14,19,21,23H,11,13H2,(H,25,29)/t19-,23+/m1/s1. The maximum Gasteiger partial charge on any atom is 0.356 e. The molecule has 2 aromatic carbocycles. The van der Waals surface area contributed by atoms with Crippen molar-refractivity contribution in [3.05, 3.63) is 93.5 Å². The fourth-order valence-electron chi connectivity index (χ4n) is 3.94. The van der Waals surface area contributed by atoms with Crippen molar-refractivity contribution >= 4 is 53.3 Å². The van der Waals surface area contributed by atoms with E-state index in [-0.39, 0.29) is 17.0 Å². The van der Waals surface area contributed by atoms with E-state index in [9.17, 15) is 14.4 Å². The first-order valence-corrected chi connectivity index (χ1v) is 13.6. The van der Waals surface area contributed by atoms with Crippen LogP contribution in [0.3, 0.4) is 0 Å². The molecule has 2 amide bonds. The molecule has 1 saturated heterocycles. The molecule has 0 spiro atoms. The van der Waals surface area contributed by atoms with Crippen molar-refractivity contribution in [3.8, 4) is 0 Å². The summed E-state index contributed by atoms with van der Waals surface area (Å²) in [5, 5.41) is 8.13. The molecule has 0 saturated carbocycles. The second-order valence-corrected chi connectivity index (χ2v) is 10.5. The highest BCUT2D eigenvalue weighted by atomic mass is 32.2. The van der Waals surface area contributed by atoms with Crippen LogP contribution in [-0.2, 0) is 24.9 Å². The Morgan fingerprint density at radius 3 is 2.46 bits per heavy atom. The summed E-state index contributed by atoms with van der Waals surface area (Å²) in [6.07, 6.45) is -0.123. The fraction of sp³-hybridized carbons (Fsp3) is 0.208. The predicted molar refractivity (Wildman–Crippen MR) is 135 cm³/mol. The Labute approximate surface area is 214 Å². The van der Waals surface area contributed by atoms with E-state index in [0.29, 0.717) is 17.9 Å². The normalized spacial score (nSPS) is 19.2. The largest absolute Gasteiger partial charge is 0.448 e. The number of hydrogen-bond acceptors (Lipinski definition) is 9. The summed E-state index contributed by atoms with van der Waals surface area (Å²) in [5.74, 6) is 0.127. The first kappa shape index (κ1) is 23.6. The SMILES string of the molecule is O=CN[C@@H]1C(=O)N2C(C(=O)OC(c3ccccc3)c3ccccc3)=C(SCc3csnn3)CS[C@@H]12. The maximum absolute atomic E-state index is 13.7. The number of fused-ring (bicyclic) bond motifs is 1. The average Bonchev–Trinajstić information content (AvgIpc) is 3.43. The van der Waals surface area contributed by atoms with Crippen molar-refractivity contribution in [2.75, 3.05) is 5.75 Å². The summed E-state index contributed by atoms with van der Waals surface area (Å²) in [6.45, 7) is 0. The number of nitrogens with one attached hydrogen (secondary N) is 1. The summed E-state index contributed by atoms with van der Waals surface area (Å²) < 4.78 is 9.98. The topological polar surface area (TPSA) is 101 Å². The van der Waals surface area contributed by atoms with E-state index < -0.39 is 18.1 Å². The molecule has 5 rings (SSSR count). The van der Waals surface area contributed by atoms with E-state index in [0.717, 1.165) is 21.7 Å². The predicted octanol–water partition coefficient (Wildman–Crippen LogP) is 3.35. The number of esters is 1. The van der Waals surface area contributed by atoms with Gasteiger partial charge >= 0.3 is 5.97 Å². The molecule has 35 heavy (non-hydrogen) atoms. The van der Waals surface area contributed by atoms with Crippen LogP contribution in [0.4, 0.5) is 0 Å². The molecule has 0 aliphatic carbocycles. The zero-order valence-corrected chi connectivity index (χ0v) is 20.7. The van der Waals surface area contributed by atoms with Crippen LogP contribution in [0.15, 0.2) is 76.6 Å². The molecule has 1 aromatic heterocycles. The third-order valence-corrected chi connectivity index (χ3v) is 8.75. The van der Waals surface area contributed by atoms with E-state index in [2.05, 4.69) is 14.9 Å². The first-order valence-electron chi connectivity index (χ1n) is 10.7. The lowest BCUT2D eigenvalue weighted by Gasteiger charge is -2.49. The average molecular weight is 525 g/mol. The molecule has 3 heterocycles. The lowest BCUT2D eigenvalue weighted by molar-refractivity contribution is -0.154. The van der Waals surface area contributed by atoms with Crippen molar-refractivity contribution < 1.29 is 19.1 Å². The van der Waals surface area contributed by atoms with Crippen LogP contribution in [0.5, 0.6) is 0 Å². The van der Waals surface area contributed by atoms with Gasteiger partial charge in [-0.1, -0.05) is 65.2 Å². The molecular weight excluding hydrogens is 504 g/mol. The Balaban J connectivity index is 1.47. The molecule has 178 valence electrons. The quantitative estimate of drug-likeness (QED) is 0.258. The van der Waals surface area contributed by atoms with Crippen LogP contribution >= 0.6 is 35.1 Å². The molecule has 2 aliphatic rings. The van der Waals surface area contributed by atoms with Gasteiger partial charge in [-0.25, -0.2) is 4.79 Å². The number of carbonyl (C=O) groups is 3. The molecule has 1 N–H and O–H groups in total. The first-order chi connectivity index (χ1) is 17.2. The minimum absolute atomic E-state index is 0.229. The van der Waals surface area contributed by atoms with Gasteiger partial charge < -0.3 is 10.1 Å². The number of rotatable bonds is 9. The van der Waals surface area contributed by atoms with E-state index in [1.807, 2.05) is 66.0 Å². The van der Waals surface area contributed by atoms with Gasteiger partial charge in [0.05, 0.1) is 5.69 Å². The highest BCUT2D eigenvalue weighted by Crippen LogP contribution is 2.44. The van der Waals surface area contributed by atoms with Crippen molar-refractivity contribution in [1.82, 2.24) is 19.8 Å². The second kappa shape index (κ2) is 10.6. The molecule has 11 heteroatoms. The number of aromatic nitrogens is 2. The molecule has 8 nitrogen and oxygen atoms in total. The van der Waals surface area contributed by atoms with Crippen LogP contribution in [0, 0.1) is 0 Å². The van der Waals surface area contributed by atoms with E-state index in [1.54, 1.807) is 0 Å². The monoisotopic (exact) mass is 524 g/mol. The van der Waals surface area contributed by atoms with Gasteiger partial charge in [-0.3, -0.25) is 14.5 Å². The highest BCUT2D eigenvalue weighted by molar-refractivity contribution is 8.05. The molecule has 0 unspecified atom stereocenters. The Kier molecular flexibility index (Phi) is 7.16.